The summed E-state index contributed by atoms with van der Waals surface area (Å²) in [5.41, 5.74) is 1.12. The lowest BCUT2D eigenvalue weighted by atomic mass is 9.93. The van der Waals surface area contributed by atoms with Gasteiger partial charge in [0.25, 0.3) is 0 Å². The van der Waals surface area contributed by atoms with Gasteiger partial charge in [-0.1, -0.05) is 37.3 Å². The molecule has 3 atom stereocenters. The predicted octanol–water partition coefficient (Wildman–Crippen LogP) is 2.68. The van der Waals surface area contributed by atoms with Crippen molar-refractivity contribution in [2.75, 3.05) is 31.9 Å². The van der Waals surface area contributed by atoms with E-state index in [1.165, 1.54) is 0 Å². The van der Waals surface area contributed by atoms with E-state index in [0.29, 0.717) is 30.0 Å². The summed E-state index contributed by atoms with van der Waals surface area (Å²) in [4.78, 5) is 11.3. The number of rotatable bonds is 7. The summed E-state index contributed by atoms with van der Waals surface area (Å²) in [7, 11) is -0.899. The highest BCUT2D eigenvalue weighted by molar-refractivity contribution is 7.84. The molecule has 2 heterocycles. The minimum atomic E-state index is -0.899. The molecule has 0 bridgehead atoms. The van der Waals surface area contributed by atoms with Crippen molar-refractivity contribution in [3.05, 3.63) is 54.6 Å². The molecular formula is C21H31N5OS. The zero-order valence-corrected chi connectivity index (χ0v) is 17.6. The van der Waals surface area contributed by atoms with Crippen LogP contribution >= 0.6 is 0 Å². The van der Waals surface area contributed by atoms with E-state index in [4.69, 9.17) is 4.99 Å². The molecule has 1 N–H and O–H groups in total. The van der Waals surface area contributed by atoms with Crippen molar-refractivity contribution in [2.45, 2.75) is 32.1 Å². The van der Waals surface area contributed by atoms with E-state index in [9.17, 15) is 4.21 Å². The minimum absolute atomic E-state index is 0.396. The molecule has 2 aromatic rings. The molecule has 28 heavy (non-hydrogen) atoms. The van der Waals surface area contributed by atoms with Gasteiger partial charge >= 0.3 is 0 Å². The lowest BCUT2D eigenvalue weighted by Gasteiger charge is -2.39. The molecule has 7 heteroatoms. The Morgan fingerprint density at radius 3 is 2.89 bits per heavy atom. The van der Waals surface area contributed by atoms with E-state index in [1.54, 1.807) is 0 Å². The highest BCUT2D eigenvalue weighted by atomic mass is 32.2. The average Bonchev–Trinajstić information content (AvgIpc) is 3.23. The molecule has 0 amide bonds. The number of benzene rings is 1. The van der Waals surface area contributed by atoms with Gasteiger partial charge < -0.3 is 14.8 Å². The molecule has 0 radical (unpaired) electrons. The van der Waals surface area contributed by atoms with Gasteiger partial charge in [-0.25, -0.2) is 4.98 Å². The second-order valence-corrected chi connectivity index (χ2v) is 8.88. The normalized spacial score (nSPS) is 21.5. The number of nitrogens with one attached hydrogen (secondary N) is 1. The van der Waals surface area contributed by atoms with Crippen molar-refractivity contribution in [3.63, 3.8) is 0 Å². The molecule has 0 spiro atoms. The van der Waals surface area contributed by atoms with Gasteiger partial charge in [0.2, 0.25) is 0 Å². The van der Waals surface area contributed by atoms with Crippen LogP contribution in [-0.2, 0) is 16.6 Å². The largest absolute Gasteiger partial charge is 0.357 e. The smallest absolute Gasteiger partial charge is 0.194 e. The molecule has 1 aromatic carbocycles. The molecule has 1 fully saturated rings. The standard InChI is InChI=1S/C21H31N5OS/c1-3-23-21(24-11-14-28(27)16-19-7-5-4-6-8-19)25-12-9-18(2)20(15-25)26-13-10-22-17-26/h4-8,10,13,17-18,20H,3,9,11-12,14-16H2,1-2H3,(H,23,24). The molecule has 1 aliphatic rings. The predicted molar refractivity (Wildman–Crippen MR) is 116 cm³/mol. The third-order valence-corrected chi connectivity index (χ3v) is 6.51. The highest BCUT2D eigenvalue weighted by Gasteiger charge is 2.28. The van der Waals surface area contributed by atoms with Crippen molar-refractivity contribution in [1.29, 1.82) is 0 Å². The van der Waals surface area contributed by atoms with Gasteiger partial charge in [-0.15, -0.1) is 0 Å². The molecule has 3 unspecified atom stereocenters. The Balaban J connectivity index is 1.58. The Labute approximate surface area is 170 Å². The molecule has 1 aliphatic heterocycles. The van der Waals surface area contributed by atoms with Gasteiger partial charge in [0.15, 0.2) is 5.96 Å². The number of likely N-dealkylation sites (tertiary alicyclic amines) is 1. The Hall–Kier alpha value is -2.15. The summed E-state index contributed by atoms with van der Waals surface area (Å²) in [6.07, 6.45) is 6.91. The Morgan fingerprint density at radius 2 is 2.18 bits per heavy atom. The van der Waals surface area contributed by atoms with Crippen LogP contribution in [-0.4, -0.2) is 56.6 Å². The van der Waals surface area contributed by atoms with E-state index >= 15 is 0 Å². The van der Waals surface area contributed by atoms with Gasteiger partial charge in [-0.2, -0.15) is 0 Å². The average molecular weight is 402 g/mol. The minimum Gasteiger partial charge on any atom is -0.357 e. The molecule has 1 saturated heterocycles. The first-order valence-corrected chi connectivity index (χ1v) is 11.6. The topological polar surface area (TPSA) is 62.5 Å². The number of nitrogens with zero attached hydrogens (tertiary/aromatic N) is 4. The quantitative estimate of drug-likeness (QED) is 0.572. The van der Waals surface area contributed by atoms with Gasteiger partial charge in [-0.3, -0.25) is 9.20 Å². The monoisotopic (exact) mass is 401 g/mol. The maximum Gasteiger partial charge on any atom is 0.194 e. The first-order chi connectivity index (χ1) is 13.7. The van der Waals surface area contributed by atoms with Crippen LogP contribution < -0.4 is 5.32 Å². The summed E-state index contributed by atoms with van der Waals surface area (Å²) in [5.74, 6) is 2.71. The number of aromatic nitrogens is 2. The molecule has 152 valence electrons. The molecule has 3 rings (SSSR count). The first-order valence-electron chi connectivity index (χ1n) is 10.1. The van der Waals surface area contributed by atoms with Crippen molar-refractivity contribution >= 4 is 16.8 Å². The van der Waals surface area contributed by atoms with E-state index < -0.39 is 10.8 Å². The third kappa shape index (κ3) is 5.67. The van der Waals surface area contributed by atoms with Crippen LogP contribution in [0.5, 0.6) is 0 Å². The molecular weight excluding hydrogens is 370 g/mol. The number of aliphatic imine (C=N–C) groups is 1. The number of hydrogen-bond donors (Lipinski definition) is 1. The first kappa shape index (κ1) is 20.6. The maximum absolute atomic E-state index is 12.4. The van der Waals surface area contributed by atoms with Crippen LogP contribution in [0.3, 0.4) is 0 Å². The van der Waals surface area contributed by atoms with Gasteiger partial charge in [0.1, 0.15) is 0 Å². The zero-order valence-electron chi connectivity index (χ0n) is 16.8. The van der Waals surface area contributed by atoms with Crippen LogP contribution in [0.4, 0.5) is 0 Å². The van der Waals surface area contributed by atoms with E-state index in [2.05, 4.69) is 33.6 Å². The number of guanidine groups is 1. The van der Waals surface area contributed by atoms with Crippen LogP contribution in [0.25, 0.3) is 0 Å². The lowest BCUT2D eigenvalue weighted by Crippen LogP contribution is -2.49. The summed E-state index contributed by atoms with van der Waals surface area (Å²) >= 11 is 0. The van der Waals surface area contributed by atoms with Gasteiger partial charge in [-0.05, 0) is 24.8 Å². The van der Waals surface area contributed by atoms with Crippen molar-refractivity contribution < 1.29 is 4.21 Å². The van der Waals surface area contributed by atoms with Crippen LogP contribution in [0.15, 0.2) is 54.0 Å². The van der Waals surface area contributed by atoms with E-state index in [0.717, 1.165) is 37.6 Å². The summed E-state index contributed by atoms with van der Waals surface area (Å²) < 4.78 is 14.6. The Bertz CT molecular complexity index is 762. The van der Waals surface area contributed by atoms with Gasteiger partial charge in [0, 0.05) is 54.3 Å². The lowest BCUT2D eigenvalue weighted by molar-refractivity contribution is 0.189. The van der Waals surface area contributed by atoms with E-state index in [1.807, 2.05) is 49.1 Å². The summed E-state index contributed by atoms with van der Waals surface area (Å²) in [5, 5.41) is 3.41. The van der Waals surface area contributed by atoms with Crippen LogP contribution in [0, 0.1) is 5.92 Å². The van der Waals surface area contributed by atoms with Crippen LogP contribution in [0.2, 0.25) is 0 Å². The number of hydrogen-bond acceptors (Lipinski definition) is 3. The Morgan fingerprint density at radius 1 is 1.36 bits per heavy atom. The fraction of sp³-hybridized carbons (Fsp3) is 0.524. The Kier molecular flexibility index (Phi) is 7.65. The molecule has 1 aromatic heterocycles. The van der Waals surface area contributed by atoms with Crippen molar-refractivity contribution in [1.82, 2.24) is 19.8 Å². The fourth-order valence-electron chi connectivity index (χ4n) is 3.61. The number of imidazole rings is 1. The van der Waals surface area contributed by atoms with Crippen molar-refractivity contribution in [3.8, 4) is 0 Å². The molecule has 6 nitrogen and oxygen atoms in total. The zero-order chi connectivity index (χ0) is 19.8. The summed E-state index contributed by atoms with van der Waals surface area (Å²) in [6.45, 7) is 7.70. The van der Waals surface area contributed by atoms with Gasteiger partial charge in [0.05, 0.1) is 18.9 Å². The molecule has 0 saturated carbocycles. The number of piperidine rings is 1. The SMILES string of the molecule is CCNC(=NCCS(=O)Cc1ccccc1)N1CCC(C)C(n2ccnc2)C1. The maximum atomic E-state index is 12.4. The highest BCUT2D eigenvalue weighted by Crippen LogP contribution is 2.27. The second kappa shape index (κ2) is 10.4. The summed E-state index contributed by atoms with van der Waals surface area (Å²) in [6, 6.07) is 10.4. The molecule has 0 aliphatic carbocycles. The van der Waals surface area contributed by atoms with E-state index in [-0.39, 0.29) is 0 Å². The van der Waals surface area contributed by atoms with Crippen molar-refractivity contribution in [2.24, 2.45) is 10.9 Å². The second-order valence-electron chi connectivity index (χ2n) is 7.30. The fourth-order valence-corrected chi connectivity index (χ4v) is 4.61. The third-order valence-electron chi connectivity index (χ3n) is 5.21. The van der Waals surface area contributed by atoms with Crippen LogP contribution in [0.1, 0.15) is 31.9 Å².